The van der Waals surface area contributed by atoms with Crippen molar-refractivity contribution in [3.63, 3.8) is 0 Å². The number of sulfone groups is 1. The van der Waals surface area contributed by atoms with Crippen molar-refractivity contribution in [2.45, 2.75) is 35.2 Å². The first-order valence-electron chi connectivity index (χ1n) is 9.94. The Balaban J connectivity index is 1.47. The smallest absolute Gasteiger partial charge is 0.338 e. The lowest BCUT2D eigenvalue weighted by molar-refractivity contribution is 0.0505. The molecule has 3 rings (SSSR count). The number of benzene rings is 2. The molecule has 2 aromatic carbocycles. The Labute approximate surface area is 182 Å². The summed E-state index contributed by atoms with van der Waals surface area (Å²) in [6.45, 7) is 0.785. The van der Waals surface area contributed by atoms with Crippen LogP contribution in [0.5, 0.6) is 0 Å². The van der Waals surface area contributed by atoms with E-state index in [9.17, 15) is 21.6 Å². The molecule has 168 valence electrons. The monoisotopic (exact) mass is 467 g/mol. The SMILES string of the molecule is O=C(OCCCS(=O)(=O)c1ccccc1)c1ccc(S(=O)(=O)NCC2CCCO2)cc1. The molecule has 0 bridgehead atoms. The lowest BCUT2D eigenvalue weighted by atomic mass is 10.2. The third-order valence-electron chi connectivity index (χ3n) is 4.82. The second kappa shape index (κ2) is 10.4. The zero-order valence-corrected chi connectivity index (χ0v) is 18.5. The fourth-order valence-electron chi connectivity index (χ4n) is 3.10. The molecule has 0 amide bonds. The third kappa shape index (κ3) is 6.60. The number of rotatable bonds is 10. The maximum atomic E-state index is 12.4. The van der Waals surface area contributed by atoms with Gasteiger partial charge in [-0.25, -0.2) is 26.4 Å². The van der Waals surface area contributed by atoms with E-state index in [2.05, 4.69) is 4.72 Å². The molecule has 0 aliphatic carbocycles. The Bertz CT molecular complexity index is 1080. The number of ether oxygens (including phenoxy) is 2. The van der Waals surface area contributed by atoms with Crippen molar-refractivity contribution in [3.05, 3.63) is 60.2 Å². The first kappa shape index (κ1) is 23.4. The predicted molar refractivity (Wildman–Crippen MR) is 114 cm³/mol. The first-order valence-corrected chi connectivity index (χ1v) is 13.1. The minimum atomic E-state index is -3.70. The summed E-state index contributed by atoms with van der Waals surface area (Å²) in [5, 5.41) is 0. The number of carbonyl (C=O) groups is 1. The molecule has 0 saturated carbocycles. The van der Waals surface area contributed by atoms with Gasteiger partial charge in [0.1, 0.15) is 0 Å². The molecule has 1 aliphatic heterocycles. The highest BCUT2D eigenvalue weighted by atomic mass is 32.2. The fraction of sp³-hybridized carbons (Fsp3) is 0.381. The lowest BCUT2D eigenvalue weighted by Gasteiger charge is -2.11. The summed E-state index contributed by atoms with van der Waals surface area (Å²) in [5.74, 6) is -0.786. The summed E-state index contributed by atoms with van der Waals surface area (Å²) in [6.07, 6.45) is 1.78. The zero-order valence-electron chi connectivity index (χ0n) is 16.9. The van der Waals surface area contributed by atoms with Gasteiger partial charge in [-0.15, -0.1) is 0 Å². The van der Waals surface area contributed by atoms with Crippen molar-refractivity contribution in [1.82, 2.24) is 4.72 Å². The average molecular weight is 468 g/mol. The molecule has 1 heterocycles. The number of nitrogens with one attached hydrogen (secondary N) is 1. The molecule has 1 aliphatic rings. The normalized spacial score (nSPS) is 16.8. The highest BCUT2D eigenvalue weighted by Gasteiger charge is 2.21. The number of carbonyl (C=O) groups excluding carboxylic acids is 1. The van der Waals surface area contributed by atoms with Gasteiger partial charge in [-0.3, -0.25) is 0 Å². The highest BCUT2D eigenvalue weighted by molar-refractivity contribution is 7.91. The maximum Gasteiger partial charge on any atom is 0.338 e. The standard InChI is InChI=1S/C21H25NO7S2/c23-21(29-14-5-15-30(24,25)19-7-2-1-3-8-19)17-9-11-20(12-10-17)31(26,27)22-16-18-6-4-13-28-18/h1-3,7-12,18,22H,4-6,13-16H2. The van der Waals surface area contributed by atoms with Gasteiger partial charge in [-0.1, -0.05) is 18.2 Å². The van der Waals surface area contributed by atoms with E-state index < -0.39 is 25.8 Å². The van der Waals surface area contributed by atoms with E-state index in [4.69, 9.17) is 9.47 Å². The van der Waals surface area contributed by atoms with Crippen LogP contribution in [0.3, 0.4) is 0 Å². The Hall–Kier alpha value is -2.27. The van der Waals surface area contributed by atoms with Gasteiger partial charge >= 0.3 is 5.97 Å². The summed E-state index contributed by atoms with van der Waals surface area (Å²) >= 11 is 0. The predicted octanol–water partition coefficient (Wildman–Crippen LogP) is 2.16. The fourth-order valence-corrected chi connectivity index (χ4v) is 5.48. The van der Waals surface area contributed by atoms with Gasteiger partial charge in [0.25, 0.3) is 0 Å². The average Bonchev–Trinajstić information content (AvgIpc) is 3.30. The van der Waals surface area contributed by atoms with Crippen LogP contribution in [0.4, 0.5) is 0 Å². The summed E-state index contributed by atoms with van der Waals surface area (Å²) in [4.78, 5) is 12.4. The molecule has 1 saturated heterocycles. The van der Waals surface area contributed by atoms with Crippen LogP contribution >= 0.6 is 0 Å². The van der Waals surface area contributed by atoms with Crippen molar-refractivity contribution >= 4 is 25.8 Å². The molecule has 1 N–H and O–H groups in total. The third-order valence-corrected chi connectivity index (χ3v) is 8.07. The summed E-state index contributed by atoms with van der Waals surface area (Å²) in [6, 6.07) is 13.5. The van der Waals surface area contributed by atoms with Crippen LogP contribution in [-0.4, -0.2) is 54.4 Å². The van der Waals surface area contributed by atoms with Gasteiger partial charge in [0.15, 0.2) is 9.84 Å². The van der Waals surface area contributed by atoms with Crippen LogP contribution < -0.4 is 4.72 Å². The summed E-state index contributed by atoms with van der Waals surface area (Å²) in [5.41, 5.74) is 0.184. The van der Waals surface area contributed by atoms with E-state index in [0.29, 0.717) is 6.61 Å². The van der Waals surface area contributed by atoms with E-state index in [0.717, 1.165) is 12.8 Å². The van der Waals surface area contributed by atoms with Crippen molar-refractivity contribution in [2.24, 2.45) is 0 Å². The van der Waals surface area contributed by atoms with Crippen molar-refractivity contribution in [1.29, 1.82) is 0 Å². The van der Waals surface area contributed by atoms with Crippen molar-refractivity contribution in [3.8, 4) is 0 Å². The molecule has 10 heteroatoms. The first-order chi connectivity index (χ1) is 14.8. The number of sulfonamides is 1. The van der Waals surface area contributed by atoms with Gasteiger partial charge in [-0.05, 0) is 55.7 Å². The zero-order chi connectivity index (χ0) is 22.3. The Morgan fingerprint density at radius 2 is 1.71 bits per heavy atom. The number of hydrogen-bond acceptors (Lipinski definition) is 7. The number of esters is 1. The summed E-state index contributed by atoms with van der Waals surface area (Å²) in [7, 11) is -7.13. The van der Waals surface area contributed by atoms with Crippen LogP contribution in [0.25, 0.3) is 0 Å². The Morgan fingerprint density at radius 3 is 2.35 bits per heavy atom. The second-order valence-electron chi connectivity index (χ2n) is 7.13. The van der Waals surface area contributed by atoms with E-state index in [1.807, 2.05) is 0 Å². The molecule has 0 spiro atoms. The van der Waals surface area contributed by atoms with Gasteiger partial charge in [0.2, 0.25) is 10.0 Å². The molecular formula is C21H25NO7S2. The second-order valence-corrected chi connectivity index (χ2v) is 11.0. The van der Waals surface area contributed by atoms with Crippen LogP contribution in [-0.2, 0) is 29.3 Å². The van der Waals surface area contributed by atoms with Gasteiger partial charge in [-0.2, -0.15) is 0 Å². The van der Waals surface area contributed by atoms with E-state index in [-0.39, 0.29) is 46.8 Å². The maximum absolute atomic E-state index is 12.4. The van der Waals surface area contributed by atoms with Crippen molar-refractivity contribution < 1.29 is 31.1 Å². The quantitative estimate of drug-likeness (QED) is 0.420. The lowest BCUT2D eigenvalue weighted by Crippen LogP contribution is -2.31. The molecule has 1 atom stereocenters. The molecule has 31 heavy (non-hydrogen) atoms. The van der Waals surface area contributed by atoms with Crippen LogP contribution in [0, 0.1) is 0 Å². The van der Waals surface area contributed by atoms with Crippen LogP contribution in [0.15, 0.2) is 64.4 Å². The molecule has 0 aromatic heterocycles. The van der Waals surface area contributed by atoms with E-state index >= 15 is 0 Å². The van der Waals surface area contributed by atoms with E-state index in [1.54, 1.807) is 18.2 Å². The minimum Gasteiger partial charge on any atom is -0.462 e. The number of hydrogen-bond donors (Lipinski definition) is 1. The molecule has 0 radical (unpaired) electrons. The molecule has 1 fully saturated rings. The minimum absolute atomic E-state index is 0.0380. The highest BCUT2D eigenvalue weighted by Crippen LogP contribution is 2.15. The summed E-state index contributed by atoms with van der Waals surface area (Å²) < 4.78 is 62.1. The van der Waals surface area contributed by atoms with Crippen molar-refractivity contribution in [2.75, 3.05) is 25.5 Å². The Morgan fingerprint density at radius 1 is 1.00 bits per heavy atom. The molecule has 1 unspecified atom stereocenters. The molecule has 2 aromatic rings. The van der Waals surface area contributed by atoms with E-state index in [1.165, 1.54) is 36.4 Å². The van der Waals surface area contributed by atoms with Crippen LogP contribution in [0.1, 0.15) is 29.6 Å². The largest absolute Gasteiger partial charge is 0.462 e. The van der Waals surface area contributed by atoms with Crippen LogP contribution in [0.2, 0.25) is 0 Å². The van der Waals surface area contributed by atoms with Gasteiger partial charge in [0, 0.05) is 13.2 Å². The molecule has 8 nitrogen and oxygen atoms in total. The van der Waals surface area contributed by atoms with Gasteiger partial charge in [0.05, 0.1) is 33.8 Å². The topological polar surface area (TPSA) is 116 Å². The molecular weight excluding hydrogens is 442 g/mol. The van der Waals surface area contributed by atoms with Gasteiger partial charge < -0.3 is 9.47 Å². The Kier molecular flexibility index (Phi) is 7.82.